The first-order valence-corrected chi connectivity index (χ1v) is 6.78. The van der Waals surface area contributed by atoms with Crippen LogP contribution in [-0.4, -0.2) is 37.6 Å². The quantitative estimate of drug-likeness (QED) is 0.532. The van der Waals surface area contributed by atoms with Gasteiger partial charge in [0.2, 0.25) is 0 Å². The Labute approximate surface area is 96.4 Å². The van der Waals surface area contributed by atoms with Crippen molar-refractivity contribution in [2.75, 3.05) is 32.7 Å². The molecule has 15 heavy (non-hydrogen) atoms. The van der Waals surface area contributed by atoms with Gasteiger partial charge in [-0.3, -0.25) is 0 Å². The normalized spacial score (nSPS) is 11.2. The molecular formula is C13H30N2. The second-order valence-electron chi connectivity index (χ2n) is 4.26. The maximum Gasteiger partial charge on any atom is -0.00187 e. The van der Waals surface area contributed by atoms with Crippen molar-refractivity contribution in [2.24, 2.45) is 0 Å². The molecule has 0 aromatic rings. The molecule has 0 aliphatic carbocycles. The van der Waals surface area contributed by atoms with Crippen molar-refractivity contribution in [1.29, 1.82) is 0 Å². The number of nitrogens with zero attached hydrogens (tertiary/aromatic N) is 1. The van der Waals surface area contributed by atoms with Crippen LogP contribution in [0.4, 0.5) is 0 Å². The van der Waals surface area contributed by atoms with Crippen LogP contribution in [0.5, 0.6) is 0 Å². The van der Waals surface area contributed by atoms with E-state index in [2.05, 4.69) is 31.0 Å². The number of hydrogen-bond donors (Lipinski definition) is 1. The van der Waals surface area contributed by atoms with Gasteiger partial charge in [0.05, 0.1) is 0 Å². The largest absolute Gasteiger partial charge is 0.317 e. The lowest BCUT2D eigenvalue weighted by molar-refractivity contribution is 0.268. The van der Waals surface area contributed by atoms with Gasteiger partial charge in [0.1, 0.15) is 0 Å². The third-order valence-electron chi connectivity index (χ3n) is 2.66. The molecule has 0 aliphatic rings. The average molecular weight is 214 g/mol. The monoisotopic (exact) mass is 214 g/mol. The van der Waals surface area contributed by atoms with Crippen LogP contribution in [0.2, 0.25) is 0 Å². The first-order chi connectivity index (χ1) is 7.35. The molecule has 0 aromatic carbocycles. The van der Waals surface area contributed by atoms with E-state index < -0.39 is 0 Å². The van der Waals surface area contributed by atoms with E-state index in [0.29, 0.717) is 0 Å². The summed E-state index contributed by atoms with van der Waals surface area (Å²) in [6, 6.07) is 0. The van der Waals surface area contributed by atoms with Gasteiger partial charge >= 0.3 is 0 Å². The first-order valence-electron chi connectivity index (χ1n) is 6.78. The van der Waals surface area contributed by atoms with Gasteiger partial charge in [0, 0.05) is 0 Å². The highest BCUT2D eigenvalue weighted by Gasteiger charge is 2.01. The summed E-state index contributed by atoms with van der Waals surface area (Å²) >= 11 is 0. The molecule has 92 valence electrons. The molecule has 0 heterocycles. The minimum atomic E-state index is 1.11. The van der Waals surface area contributed by atoms with E-state index in [4.69, 9.17) is 0 Å². The van der Waals surface area contributed by atoms with Crippen LogP contribution in [0.25, 0.3) is 0 Å². The predicted octanol–water partition coefficient (Wildman–Crippen LogP) is 2.89. The Kier molecular flexibility index (Phi) is 11.9. The lowest BCUT2D eigenvalue weighted by Crippen LogP contribution is -2.26. The average Bonchev–Trinajstić information content (AvgIpc) is 2.24. The van der Waals surface area contributed by atoms with Crippen LogP contribution in [-0.2, 0) is 0 Å². The summed E-state index contributed by atoms with van der Waals surface area (Å²) in [5.41, 5.74) is 0. The molecule has 0 spiro atoms. The van der Waals surface area contributed by atoms with Gasteiger partial charge in [-0.25, -0.2) is 0 Å². The molecule has 0 saturated heterocycles. The molecule has 0 amide bonds. The van der Waals surface area contributed by atoms with Crippen molar-refractivity contribution in [1.82, 2.24) is 10.2 Å². The minimum Gasteiger partial charge on any atom is -0.317 e. The number of nitrogens with one attached hydrogen (secondary N) is 1. The molecule has 0 bridgehead atoms. The van der Waals surface area contributed by atoms with Gasteiger partial charge < -0.3 is 10.2 Å². The topological polar surface area (TPSA) is 15.3 Å². The van der Waals surface area contributed by atoms with Crippen molar-refractivity contribution in [3.8, 4) is 0 Å². The summed E-state index contributed by atoms with van der Waals surface area (Å²) in [6.45, 7) is 12.9. The van der Waals surface area contributed by atoms with E-state index >= 15 is 0 Å². The number of rotatable bonds is 11. The zero-order chi connectivity index (χ0) is 11.4. The Morgan fingerprint density at radius 3 is 2.00 bits per heavy atom. The van der Waals surface area contributed by atoms with E-state index in [-0.39, 0.29) is 0 Å². The molecule has 0 atom stereocenters. The summed E-state index contributed by atoms with van der Waals surface area (Å²) in [5.74, 6) is 0. The molecule has 0 saturated carbocycles. The Morgan fingerprint density at radius 1 is 0.800 bits per heavy atom. The third kappa shape index (κ3) is 10.2. The van der Waals surface area contributed by atoms with Crippen LogP contribution in [0.1, 0.15) is 52.9 Å². The maximum atomic E-state index is 3.37. The van der Waals surface area contributed by atoms with Crippen molar-refractivity contribution >= 4 is 0 Å². The zero-order valence-electron chi connectivity index (χ0n) is 11.0. The van der Waals surface area contributed by atoms with Crippen LogP contribution >= 0.6 is 0 Å². The molecule has 2 nitrogen and oxygen atoms in total. The SMILES string of the molecule is CCCN(CCC)CCCCCNCC. The molecule has 0 aliphatic heterocycles. The molecule has 0 rings (SSSR count). The fourth-order valence-electron chi connectivity index (χ4n) is 1.91. The van der Waals surface area contributed by atoms with Crippen LogP contribution in [0.15, 0.2) is 0 Å². The highest BCUT2D eigenvalue weighted by Crippen LogP contribution is 2.00. The van der Waals surface area contributed by atoms with Crippen LogP contribution < -0.4 is 5.32 Å². The Bertz CT molecular complexity index is 109. The fourth-order valence-corrected chi connectivity index (χ4v) is 1.91. The summed E-state index contributed by atoms with van der Waals surface area (Å²) < 4.78 is 0. The van der Waals surface area contributed by atoms with Gasteiger partial charge in [0.15, 0.2) is 0 Å². The van der Waals surface area contributed by atoms with Gasteiger partial charge in [-0.05, 0) is 58.4 Å². The van der Waals surface area contributed by atoms with Crippen molar-refractivity contribution in [2.45, 2.75) is 52.9 Å². The van der Waals surface area contributed by atoms with E-state index in [9.17, 15) is 0 Å². The molecule has 0 unspecified atom stereocenters. The molecule has 0 radical (unpaired) electrons. The lowest BCUT2D eigenvalue weighted by Gasteiger charge is -2.20. The minimum absolute atomic E-state index is 1.11. The molecule has 2 heteroatoms. The van der Waals surface area contributed by atoms with Crippen molar-refractivity contribution in [3.05, 3.63) is 0 Å². The van der Waals surface area contributed by atoms with Gasteiger partial charge in [0.25, 0.3) is 0 Å². The zero-order valence-corrected chi connectivity index (χ0v) is 11.0. The van der Waals surface area contributed by atoms with Gasteiger partial charge in [-0.1, -0.05) is 27.2 Å². The van der Waals surface area contributed by atoms with Gasteiger partial charge in [-0.2, -0.15) is 0 Å². The number of unbranched alkanes of at least 4 members (excludes halogenated alkanes) is 2. The Hall–Kier alpha value is -0.0800. The molecule has 0 fully saturated rings. The fraction of sp³-hybridized carbons (Fsp3) is 1.00. The van der Waals surface area contributed by atoms with E-state index in [0.717, 1.165) is 6.54 Å². The van der Waals surface area contributed by atoms with Crippen LogP contribution in [0, 0.1) is 0 Å². The first kappa shape index (κ1) is 14.9. The summed E-state index contributed by atoms with van der Waals surface area (Å²) in [6.07, 6.45) is 6.65. The van der Waals surface area contributed by atoms with Crippen molar-refractivity contribution in [3.63, 3.8) is 0 Å². The van der Waals surface area contributed by atoms with E-state index in [1.165, 1.54) is 58.3 Å². The third-order valence-corrected chi connectivity index (χ3v) is 2.66. The highest BCUT2D eigenvalue weighted by atomic mass is 15.1. The standard InChI is InChI=1S/C13H30N2/c1-4-11-15(12-5-2)13-9-7-8-10-14-6-3/h14H,4-13H2,1-3H3. The summed E-state index contributed by atoms with van der Waals surface area (Å²) in [7, 11) is 0. The second kappa shape index (κ2) is 12.0. The molecule has 1 N–H and O–H groups in total. The van der Waals surface area contributed by atoms with Crippen molar-refractivity contribution < 1.29 is 0 Å². The van der Waals surface area contributed by atoms with Crippen LogP contribution in [0.3, 0.4) is 0 Å². The van der Waals surface area contributed by atoms with E-state index in [1.807, 2.05) is 0 Å². The Balaban J connectivity index is 3.28. The maximum absolute atomic E-state index is 3.37. The number of hydrogen-bond acceptors (Lipinski definition) is 2. The smallest absolute Gasteiger partial charge is 0.00187 e. The van der Waals surface area contributed by atoms with Gasteiger partial charge in [-0.15, -0.1) is 0 Å². The predicted molar refractivity (Wildman–Crippen MR) is 69.4 cm³/mol. The summed E-state index contributed by atoms with van der Waals surface area (Å²) in [5, 5.41) is 3.37. The molecule has 0 aromatic heterocycles. The summed E-state index contributed by atoms with van der Waals surface area (Å²) in [4.78, 5) is 2.60. The Morgan fingerprint density at radius 2 is 1.47 bits per heavy atom. The van der Waals surface area contributed by atoms with E-state index in [1.54, 1.807) is 0 Å². The second-order valence-corrected chi connectivity index (χ2v) is 4.26. The highest BCUT2D eigenvalue weighted by molar-refractivity contribution is 4.57. The molecular weight excluding hydrogens is 184 g/mol. The lowest BCUT2D eigenvalue weighted by atomic mass is 10.2.